The monoisotopic (exact) mass is 432 g/mol. The van der Waals surface area contributed by atoms with Crippen LogP contribution in [0.15, 0.2) is 62.9 Å². The van der Waals surface area contributed by atoms with Gasteiger partial charge in [0, 0.05) is 5.92 Å². The van der Waals surface area contributed by atoms with Crippen molar-refractivity contribution in [1.82, 2.24) is 29.4 Å². The van der Waals surface area contributed by atoms with Gasteiger partial charge in [0.15, 0.2) is 5.16 Å². The molecule has 2 aromatic carbocycles. The molecule has 0 spiro atoms. The number of fused-ring (bicyclic) bond motifs is 3. The van der Waals surface area contributed by atoms with E-state index in [9.17, 15) is 4.79 Å². The van der Waals surface area contributed by atoms with Crippen LogP contribution in [-0.4, -0.2) is 29.4 Å². The van der Waals surface area contributed by atoms with E-state index in [1.807, 2.05) is 73.7 Å². The summed E-state index contributed by atoms with van der Waals surface area (Å²) in [7, 11) is 0. The van der Waals surface area contributed by atoms with E-state index in [0.29, 0.717) is 33.9 Å². The van der Waals surface area contributed by atoms with Gasteiger partial charge in [-0.3, -0.25) is 9.20 Å². The lowest BCUT2D eigenvalue weighted by molar-refractivity contribution is 0.445. The largest absolute Gasteiger partial charge is 0.424 e. The van der Waals surface area contributed by atoms with Gasteiger partial charge in [-0.15, -0.1) is 20.4 Å². The van der Waals surface area contributed by atoms with Gasteiger partial charge in [0.25, 0.3) is 5.56 Å². The summed E-state index contributed by atoms with van der Waals surface area (Å²) in [4.78, 5) is 13.3. The van der Waals surface area contributed by atoms with Gasteiger partial charge >= 0.3 is 0 Å². The van der Waals surface area contributed by atoms with Crippen molar-refractivity contribution in [2.45, 2.75) is 37.6 Å². The molecule has 0 atom stereocenters. The van der Waals surface area contributed by atoms with E-state index in [4.69, 9.17) is 4.42 Å². The molecule has 156 valence electrons. The molecule has 0 aliphatic carbocycles. The summed E-state index contributed by atoms with van der Waals surface area (Å²) < 4.78 is 9.21. The van der Waals surface area contributed by atoms with Gasteiger partial charge in [-0.2, -0.15) is 0 Å². The lowest BCUT2D eigenvalue weighted by Gasteiger charge is -2.11. The molecule has 0 saturated carbocycles. The molecule has 0 aliphatic rings. The van der Waals surface area contributed by atoms with Crippen LogP contribution in [0.4, 0.5) is 0 Å². The quantitative estimate of drug-likeness (QED) is 0.386. The van der Waals surface area contributed by atoms with Crippen molar-refractivity contribution in [3.05, 3.63) is 76.2 Å². The van der Waals surface area contributed by atoms with Crippen LogP contribution in [-0.2, 0) is 5.75 Å². The number of para-hydroxylation sites is 1. The smallest absolute Gasteiger partial charge is 0.267 e. The molecule has 5 aromatic rings. The van der Waals surface area contributed by atoms with Gasteiger partial charge in [0.05, 0.1) is 22.3 Å². The highest BCUT2D eigenvalue weighted by atomic mass is 32.2. The number of hydrogen-bond acceptors (Lipinski definition) is 7. The van der Waals surface area contributed by atoms with Crippen LogP contribution in [0, 0.1) is 6.92 Å². The second-order valence-corrected chi connectivity index (χ2v) is 8.53. The Labute approximate surface area is 181 Å². The third-order valence-corrected chi connectivity index (χ3v) is 5.90. The van der Waals surface area contributed by atoms with Crippen molar-refractivity contribution in [2.24, 2.45) is 0 Å². The predicted molar refractivity (Wildman–Crippen MR) is 119 cm³/mol. The molecule has 0 unspecified atom stereocenters. The minimum atomic E-state index is -0.130. The fraction of sp³-hybridized carbons (Fsp3) is 0.227. The fourth-order valence-corrected chi connectivity index (χ4v) is 4.16. The second kappa shape index (κ2) is 7.66. The summed E-state index contributed by atoms with van der Waals surface area (Å²) in [6.07, 6.45) is 0. The van der Waals surface area contributed by atoms with Crippen LogP contribution in [0.2, 0.25) is 0 Å². The van der Waals surface area contributed by atoms with Gasteiger partial charge in [-0.1, -0.05) is 55.4 Å². The molecule has 0 amide bonds. The normalized spacial score (nSPS) is 11.7. The number of aromatic nitrogens is 6. The summed E-state index contributed by atoms with van der Waals surface area (Å²) >= 11 is 1.44. The van der Waals surface area contributed by atoms with Crippen molar-refractivity contribution < 1.29 is 4.42 Å². The van der Waals surface area contributed by atoms with E-state index in [1.165, 1.54) is 11.8 Å². The van der Waals surface area contributed by atoms with Crippen LogP contribution in [0.3, 0.4) is 0 Å². The SMILES string of the molecule is Cc1ccc(-n2c(=O)c3ccccc3n3c(SCc4nnc(C(C)C)o4)nnc23)cc1. The molecule has 0 saturated heterocycles. The van der Waals surface area contributed by atoms with Crippen molar-refractivity contribution in [2.75, 3.05) is 0 Å². The molecule has 0 radical (unpaired) electrons. The molecular weight excluding hydrogens is 412 g/mol. The first-order valence-corrected chi connectivity index (χ1v) is 10.9. The second-order valence-electron chi connectivity index (χ2n) is 7.59. The number of nitrogens with zero attached hydrogens (tertiary/aromatic N) is 6. The number of thioether (sulfide) groups is 1. The van der Waals surface area contributed by atoms with E-state index in [-0.39, 0.29) is 11.5 Å². The van der Waals surface area contributed by atoms with Crippen molar-refractivity contribution in [3.8, 4) is 5.69 Å². The predicted octanol–water partition coefficient (Wildman–Crippen LogP) is 4.14. The highest BCUT2D eigenvalue weighted by Crippen LogP contribution is 2.26. The maximum absolute atomic E-state index is 13.3. The molecular formula is C22H20N6O2S. The van der Waals surface area contributed by atoms with E-state index >= 15 is 0 Å². The average Bonchev–Trinajstić information content (AvgIpc) is 3.41. The number of aryl methyl sites for hydroxylation is 1. The minimum absolute atomic E-state index is 0.130. The van der Waals surface area contributed by atoms with Crippen LogP contribution < -0.4 is 5.56 Å². The van der Waals surface area contributed by atoms with Gasteiger partial charge in [-0.05, 0) is 31.2 Å². The van der Waals surface area contributed by atoms with E-state index in [2.05, 4.69) is 20.4 Å². The zero-order chi connectivity index (χ0) is 21.5. The zero-order valence-electron chi connectivity index (χ0n) is 17.3. The van der Waals surface area contributed by atoms with E-state index < -0.39 is 0 Å². The maximum Gasteiger partial charge on any atom is 0.267 e. The number of benzene rings is 2. The lowest BCUT2D eigenvalue weighted by Crippen LogP contribution is -2.21. The Kier molecular flexibility index (Phi) is 4.82. The maximum atomic E-state index is 13.3. The Morgan fingerprint density at radius 2 is 1.77 bits per heavy atom. The summed E-state index contributed by atoms with van der Waals surface area (Å²) in [6.45, 7) is 6.02. The summed E-state index contributed by atoms with van der Waals surface area (Å²) in [5.41, 5.74) is 2.49. The number of rotatable bonds is 5. The first kappa shape index (κ1) is 19.5. The minimum Gasteiger partial charge on any atom is -0.424 e. The zero-order valence-corrected chi connectivity index (χ0v) is 18.1. The van der Waals surface area contributed by atoms with Crippen molar-refractivity contribution >= 4 is 28.4 Å². The first-order valence-electron chi connectivity index (χ1n) is 9.94. The van der Waals surface area contributed by atoms with Crippen LogP contribution in [0.5, 0.6) is 0 Å². The molecule has 0 fully saturated rings. The average molecular weight is 433 g/mol. The van der Waals surface area contributed by atoms with Gasteiger partial charge in [0.2, 0.25) is 17.6 Å². The van der Waals surface area contributed by atoms with E-state index in [0.717, 1.165) is 16.8 Å². The summed E-state index contributed by atoms with van der Waals surface area (Å²) in [5.74, 6) is 2.23. The molecule has 0 bridgehead atoms. The van der Waals surface area contributed by atoms with Gasteiger partial charge < -0.3 is 4.42 Å². The Bertz CT molecular complexity index is 1450. The molecule has 31 heavy (non-hydrogen) atoms. The Hall–Kier alpha value is -3.46. The van der Waals surface area contributed by atoms with E-state index in [1.54, 1.807) is 4.57 Å². The summed E-state index contributed by atoms with van der Waals surface area (Å²) in [5, 5.41) is 18.2. The molecule has 3 aromatic heterocycles. The molecule has 9 heteroatoms. The van der Waals surface area contributed by atoms with Crippen LogP contribution in [0.25, 0.3) is 22.4 Å². The Morgan fingerprint density at radius 3 is 2.52 bits per heavy atom. The van der Waals surface area contributed by atoms with Crippen LogP contribution >= 0.6 is 11.8 Å². The van der Waals surface area contributed by atoms with Crippen molar-refractivity contribution in [3.63, 3.8) is 0 Å². The summed E-state index contributed by atoms with van der Waals surface area (Å²) in [6, 6.07) is 15.3. The fourth-order valence-electron chi connectivity index (χ4n) is 3.38. The molecule has 0 N–H and O–H groups in total. The third kappa shape index (κ3) is 3.40. The molecule has 8 nitrogen and oxygen atoms in total. The third-order valence-electron chi connectivity index (χ3n) is 4.99. The number of hydrogen-bond donors (Lipinski definition) is 0. The molecule has 0 aliphatic heterocycles. The van der Waals surface area contributed by atoms with Gasteiger partial charge in [-0.25, -0.2) is 4.57 Å². The highest BCUT2D eigenvalue weighted by molar-refractivity contribution is 7.98. The molecule has 5 rings (SSSR count). The highest BCUT2D eigenvalue weighted by Gasteiger charge is 2.19. The van der Waals surface area contributed by atoms with Crippen molar-refractivity contribution in [1.29, 1.82) is 0 Å². The Balaban J connectivity index is 1.65. The topological polar surface area (TPSA) is 91.1 Å². The Morgan fingerprint density at radius 1 is 1.00 bits per heavy atom. The van der Waals surface area contributed by atoms with Crippen LogP contribution in [0.1, 0.15) is 37.1 Å². The first-order chi connectivity index (χ1) is 15.0. The van der Waals surface area contributed by atoms with Gasteiger partial charge in [0.1, 0.15) is 0 Å². The lowest BCUT2D eigenvalue weighted by atomic mass is 10.2. The standard InChI is InChI=1S/C22H20N6O2S/c1-13(2)19-24-23-18(30-19)12-31-22-26-25-21-27(15-10-8-14(3)9-11-15)20(29)16-6-4-5-7-17(16)28(21)22/h4-11,13H,12H2,1-3H3. The molecule has 3 heterocycles.